The average molecular weight is 457 g/mol. The number of aromatic nitrogens is 3. The summed E-state index contributed by atoms with van der Waals surface area (Å²) in [6, 6.07) is 13.1. The SMILES string of the molecule is CCOc1ccc(OCC)c(NC(=O)CSc2nnc(-c3ccccc3OC)n2CC)c1. The standard InChI is InChI=1S/C23H28N4O4S/c1-5-27-22(17-10-8-9-11-19(17)29-4)25-26-23(27)32-15-21(28)24-18-14-16(30-6-2)12-13-20(18)31-7-3/h8-14H,5-7,15H2,1-4H3,(H,24,28). The summed E-state index contributed by atoms with van der Waals surface area (Å²) in [5, 5.41) is 12.2. The van der Waals surface area contributed by atoms with Crippen molar-refractivity contribution in [1.82, 2.24) is 14.8 Å². The quantitative estimate of drug-likeness (QED) is 0.425. The maximum absolute atomic E-state index is 12.7. The predicted molar refractivity (Wildman–Crippen MR) is 126 cm³/mol. The van der Waals surface area contributed by atoms with Gasteiger partial charge in [-0.3, -0.25) is 4.79 Å². The Morgan fingerprint density at radius 3 is 2.53 bits per heavy atom. The van der Waals surface area contributed by atoms with Gasteiger partial charge in [0, 0.05) is 12.6 Å². The van der Waals surface area contributed by atoms with E-state index >= 15 is 0 Å². The fourth-order valence-electron chi connectivity index (χ4n) is 3.17. The van der Waals surface area contributed by atoms with Crippen LogP contribution in [0.5, 0.6) is 17.2 Å². The van der Waals surface area contributed by atoms with E-state index in [4.69, 9.17) is 14.2 Å². The van der Waals surface area contributed by atoms with Crippen molar-refractivity contribution in [1.29, 1.82) is 0 Å². The summed E-state index contributed by atoms with van der Waals surface area (Å²) in [4.78, 5) is 12.7. The monoisotopic (exact) mass is 456 g/mol. The Hall–Kier alpha value is -3.20. The van der Waals surface area contributed by atoms with Gasteiger partial charge in [-0.15, -0.1) is 10.2 Å². The van der Waals surface area contributed by atoms with Crippen LogP contribution in [0.1, 0.15) is 20.8 Å². The smallest absolute Gasteiger partial charge is 0.234 e. The molecule has 0 saturated heterocycles. The lowest BCUT2D eigenvalue weighted by Crippen LogP contribution is -2.15. The van der Waals surface area contributed by atoms with Crippen molar-refractivity contribution < 1.29 is 19.0 Å². The summed E-state index contributed by atoms with van der Waals surface area (Å²) in [7, 11) is 1.63. The summed E-state index contributed by atoms with van der Waals surface area (Å²) in [5.74, 6) is 2.70. The number of amides is 1. The molecule has 9 heteroatoms. The molecule has 0 atom stereocenters. The molecule has 170 valence electrons. The maximum atomic E-state index is 12.7. The number of hydrogen-bond acceptors (Lipinski definition) is 7. The van der Waals surface area contributed by atoms with Gasteiger partial charge in [0.25, 0.3) is 0 Å². The second kappa shape index (κ2) is 11.4. The number of carbonyl (C=O) groups is 1. The molecule has 1 aromatic heterocycles. The summed E-state index contributed by atoms with van der Waals surface area (Å²) < 4.78 is 18.6. The highest BCUT2D eigenvalue weighted by Gasteiger charge is 2.18. The van der Waals surface area contributed by atoms with Crippen LogP contribution >= 0.6 is 11.8 Å². The van der Waals surface area contributed by atoms with E-state index in [1.807, 2.05) is 55.7 Å². The van der Waals surface area contributed by atoms with Gasteiger partial charge in [-0.2, -0.15) is 0 Å². The number of hydrogen-bond donors (Lipinski definition) is 1. The molecular formula is C23H28N4O4S. The normalized spacial score (nSPS) is 10.6. The van der Waals surface area contributed by atoms with Gasteiger partial charge in [0.1, 0.15) is 17.2 Å². The molecule has 0 aliphatic carbocycles. The number of thioether (sulfide) groups is 1. The summed E-state index contributed by atoms with van der Waals surface area (Å²) in [6.45, 7) is 7.52. The first-order valence-corrected chi connectivity index (χ1v) is 11.5. The van der Waals surface area contributed by atoms with E-state index in [1.54, 1.807) is 19.2 Å². The van der Waals surface area contributed by atoms with Crippen molar-refractivity contribution in [3.8, 4) is 28.6 Å². The molecule has 0 unspecified atom stereocenters. The van der Waals surface area contributed by atoms with Gasteiger partial charge >= 0.3 is 0 Å². The Kier molecular flexibility index (Phi) is 8.38. The van der Waals surface area contributed by atoms with Gasteiger partial charge in [-0.25, -0.2) is 0 Å². The van der Waals surface area contributed by atoms with E-state index in [2.05, 4.69) is 15.5 Å². The minimum atomic E-state index is -0.172. The van der Waals surface area contributed by atoms with Crippen molar-refractivity contribution in [2.75, 3.05) is 31.4 Å². The van der Waals surface area contributed by atoms with Gasteiger partial charge in [-0.1, -0.05) is 23.9 Å². The van der Waals surface area contributed by atoms with Crippen molar-refractivity contribution in [3.63, 3.8) is 0 Å². The van der Waals surface area contributed by atoms with Crippen LogP contribution in [0, 0.1) is 0 Å². The van der Waals surface area contributed by atoms with E-state index in [-0.39, 0.29) is 11.7 Å². The number of carbonyl (C=O) groups excluding carboxylic acids is 1. The lowest BCUT2D eigenvalue weighted by Gasteiger charge is -2.13. The molecule has 0 aliphatic rings. The Morgan fingerprint density at radius 1 is 1.03 bits per heavy atom. The number of nitrogens with one attached hydrogen (secondary N) is 1. The molecule has 0 aliphatic heterocycles. The molecule has 3 rings (SSSR count). The number of nitrogens with zero attached hydrogens (tertiary/aromatic N) is 3. The minimum absolute atomic E-state index is 0.172. The Bertz CT molecular complexity index is 1050. The van der Waals surface area contributed by atoms with E-state index < -0.39 is 0 Å². The van der Waals surface area contributed by atoms with Crippen LogP contribution in [0.15, 0.2) is 47.6 Å². The molecule has 1 amide bonds. The number of anilines is 1. The average Bonchev–Trinajstić information content (AvgIpc) is 3.22. The van der Waals surface area contributed by atoms with Gasteiger partial charge in [-0.05, 0) is 45.0 Å². The topological polar surface area (TPSA) is 87.5 Å². The first-order valence-electron chi connectivity index (χ1n) is 10.5. The fraction of sp³-hybridized carbons (Fsp3) is 0.348. The lowest BCUT2D eigenvalue weighted by atomic mass is 10.2. The van der Waals surface area contributed by atoms with Crippen molar-refractivity contribution in [2.45, 2.75) is 32.5 Å². The van der Waals surface area contributed by atoms with Crippen molar-refractivity contribution >= 4 is 23.4 Å². The van der Waals surface area contributed by atoms with E-state index in [0.717, 1.165) is 11.3 Å². The third-order valence-corrected chi connectivity index (χ3v) is 5.52. The minimum Gasteiger partial charge on any atom is -0.496 e. The van der Waals surface area contributed by atoms with Crippen molar-refractivity contribution in [2.24, 2.45) is 0 Å². The van der Waals surface area contributed by atoms with E-state index in [1.165, 1.54) is 11.8 Å². The highest BCUT2D eigenvalue weighted by molar-refractivity contribution is 7.99. The highest BCUT2D eigenvalue weighted by atomic mass is 32.2. The predicted octanol–water partition coefficient (Wildman–Crippen LogP) is 4.50. The first kappa shape index (κ1) is 23.5. The number of benzene rings is 2. The molecular weight excluding hydrogens is 428 g/mol. The molecule has 2 aromatic carbocycles. The second-order valence-corrected chi connectivity index (χ2v) is 7.55. The van der Waals surface area contributed by atoms with Gasteiger partial charge < -0.3 is 24.1 Å². The van der Waals surface area contributed by atoms with Crippen LogP contribution < -0.4 is 19.5 Å². The number of ether oxygens (including phenoxy) is 3. The Balaban J connectivity index is 1.73. The lowest BCUT2D eigenvalue weighted by molar-refractivity contribution is -0.113. The van der Waals surface area contributed by atoms with E-state index in [0.29, 0.717) is 47.9 Å². The number of methoxy groups -OCH3 is 1. The van der Waals surface area contributed by atoms with Gasteiger partial charge in [0.2, 0.25) is 5.91 Å². The fourth-order valence-corrected chi connectivity index (χ4v) is 3.97. The Labute approximate surface area is 192 Å². The van der Waals surface area contributed by atoms with Crippen molar-refractivity contribution in [3.05, 3.63) is 42.5 Å². The van der Waals surface area contributed by atoms with Crippen LogP contribution in [-0.4, -0.2) is 46.7 Å². The van der Waals surface area contributed by atoms with E-state index in [9.17, 15) is 4.79 Å². The van der Waals surface area contributed by atoms with Crippen LogP contribution in [0.4, 0.5) is 5.69 Å². The van der Waals surface area contributed by atoms with Gasteiger partial charge in [0.05, 0.1) is 37.3 Å². The molecule has 3 aromatic rings. The maximum Gasteiger partial charge on any atom is 0.234 e. The molecule has 1 N–H and O–H groups in total. The molecule has 1 heterocycles. The number of para-hydroxylation sites is 1. The molecule has 32 heavy (non-hydrogen) atoms. The summed E-state index contributed by atoms with van der Waals surface area (Å²) >= 11 is 1.33. The zero-order valence-corrected chi connectivity index (χ0v) is 19.6. The Morgan fingerprint density at radius 2 is 1.81 bits per heavy atom. The highest BCUT2D eigenvalue weighted by Crippen LogP contribution is 2.32. The van der Waals surface area contributed by atoms with Gasteiger partial charge in [0.15, 0.2) is 11.0 Å². The number of rotatable bonds is 11. The second-order valence-electron chi connectivity index (χ2n) is 6.61. The van der Waals surface area contributed by atoms with Crippen LogP contribution in [0.25, 0.3) is 11.4 Å². The molecule has 0 fully saturated rings. The van der Waals surface area contributed by atoms with Crippen LogP contribution in [0.2, 0.25) is 0 Å². The zero-order chi connectivity index (χ0) is 22.9. The molecule has 0 bridgehead atoms. The molecule has 0 saturated carbocycles. The summed E-state index contributed by atoms with van der Waals surface area (Å²) in [6.07, 6.45) is 0. The molecule has 8 nitrogen and oxygen atoms in total. The van der Waals surface area contributed by atoms with Crippen LogP contribution in [0.3, 0.4) is 0 Å². The summed E-state index contributed by atoms with van der Waals surface area (Å²) in [5.41, 5.74) is 1.44. The molecule has 0 radical (unpaired) electrons. The largest absolute Gasteiger partial charge is 0.496 e. The molecule has 0 spiro atoms. The zero-order valence-electron chi connectivity index (χ0n) is 18.8. The third kappa shape index (κ3) is 5.53. The first-order chi connectivity index (χ1) is 15.6. The third-order valence-electron chi connectivity index (χ3n) is 4.55. The van der Waals surface area contributed by atoms with Crippen LogP contribution in [-0.2, 0) is 11.3 Å².